The molecule has 5 heteroatoms. The number of likely N-dealkylation sites (tertiary alicyclic amines) is 2. The van der Waals surface area contributed by atoms with Gasteiger partial charge in [0.15, 0.2) is 0 Å². The Morgan fingerprint density at radius 2 is 1.90 bits per heavy atom. The van der Waals surface area contributed by atoms with Crippen molar-refractivity contribution in [3.63, 3.8) is 0 Å². The topological polar surface area (TPSA) is 44.8 Å². The number of nitrogens with zero attached hydrogens (tertiary/aromatic N) is 2. The van der Waals surface area contributed by atoms with Crippen molar-refractivity contribution in [1.29, 1.82) is 0 Å². The van der Waals surface area contributed by atoms with Crippen molar-refractivity contribution < 1.29 is 9.53 Å². The maximum atomic E-state index is 12.8. The van der Waals surface area contributed by atoms with E-state index in [0.717, 1.165) is 84.6 Å². The number of amides is 2. The number of hydrogen-bond donors (Lipinski definition) is 1. The van der Waals surface area contributed by atoms with Crippen LogP contribution in [0, 0.1) is 10.8 Å². The fraction of sp³-hybridized carbons (Fsp3) is 0.708. The lowest BCUT2D eigenvalue weighted by atomic mass is 9.76. The Kier molecular flexibility index (Phi) is 6.45. The number of carbonyl (C=O) groups is 1. The second-order valence-corrected chi connectivity index (χ2v) is 9.60. The number of hydrogen-bond acceptors (Lipinski definition) is 3. The quantitative estimate of drug-likeness (QED) is 0.817. The lowest BCUT2D eigenvalue weighted by molar-refractivity contribution is -0.000528. The molecule has 1 atom stereocenters. The van der Waals surface area contributed by atoms with Gasteiger partial charge in [-0.3, -0.25) is 4.90 Å². The Balaban J connectivity index is 1.24. The summed E-state index contributed by atoms with van der Waals surface area (Å²) in [7, 11) is 0. The summed E-state index contributed by atoms with van der Waals surface area (Å²) < 4.78 is 5.71. The molecule has 3 aliphatic rings. The fourth-order valence-corrected chi connectivity index (χ4v) is 5.40. The van der Waals surface area contributed by atoms with Crippen LogP contribution in [0.2, 0.25) is 0 Å². The third-order valence-corrected chi connectivity index (χ3v) is 7.66. The first-order chi connectivity index (χ1) is 14.1. The molecule has 1 spiro atoms. The molecule has 3 fully saturated rings. The average Bonchev–Trinajstić information content (AvgIpc) is 3.18. The van der Waals surface area contributed by atoms with Gasteiger partial charge >= 0.3 is 6.03 Å². The standard InChI is InChI=1S/C24H37N3O2/c1-2-23(10-13-26(14-11-23)17-21-7-4-3-5-8-21)18-25-22(28)27-15-12-24(19-27)9-6-16-29-20-24/h3-5,7-8H,2,6,9-20H2,1H3,(H,25,28). The summed E-state index contributed by atoms with van der Waals surface area (Å²) in [5.74, 6) is 0. The molecule has 2 amide bonds. The van der Waals surface area contributed by atoms with Gasteiger partial charge in [0.25, 0.3) is 0 Å². The van der Waals surface area contributed by atoms with Gasteiger partial charge < -0.3 is 15.0 Å². The van der Waals surface area contributed by atoms with Gasteiger partial charge in [-0.25, -0.2) is 4.79 Å². The molecule has 0 bridgehead atoms. The first kappa shape index (κ1) is 20.7. The molecule has 3 saturated heterocycles. The van der Waals surface area contributed by atoms with Gasteiger partial charge in [-0.15, -0.1) is 0 Å². The number of ether oxygens (including phenoxy) is 1. The van der Waals surface area contributed by atoms with Crippen molar-refractivity contribution in [2.45, 2.75) is 52.0 Å². The van der Waals surface area contributed by atoms with Gasteiger partial charge in [-0.1, -0.05) is 37.3 Å². The summed E-state index contributed by atoms with van der Waals surface area (Å²) in [6.45, 7) is 9.80. The van der Waals surface area contributed by atoms with E-state index in [9.17, 15) is 4.79 Å². The van der Waals surface area contributed by atoms with Crippen molar-refractivity contribution in [3.05, 3.63) is 35.9 Å². The predicted octanol–water partition coefficient (Wildman–Crippen LogP) is 3.89. The molecular weight excluding hydrogens is 362 g/mol. The van der Waals surface area contributed by atoms with Crippen LogP contribution in [0.3, 0.4) is 0 Å². The highest BCUT2D eigenvalue weighted by atomic mass is 16.5. The van der Waals surface area contributed by atoms with Crippen molar-refractivity contribution in [2.24, 2.45) is 10.8 Å². The van der Waals surface area contributed by atoms with Gasteiger partial charge in [0.1, 0.15) is 0 Å². The fourth-order valence-electron chi connectivity index (χ4n) is 5.40. The Bertz CT molecular complexity index is 664. The lowest BCUT2D eigenvalue weighted by Crippen LogP contribution is -2.49. The van der Waals surface area contributed by atoms with E-state index in [1.165, 1.54) is 12.0 Å². The van der Waals surface area contributed by atoms with Crippen LogP contribution >= 0.6 is 0 Å². The molecule has 29 heavy (non-hydrogen) atoms. The van der Waals surface area contributed by atoms with Crippen LogP contribution in [-0.4, -0.2) is 61.8 Å². The molecule has 0 aromatic heterocycles. The summed E-state index contributed by atoms with van der Waals surface area (Å²) in [6.07, 6.45) is 6.88. The van der Waals surface area contributed by atoms with Crippen LogP contribution in [0.25, 0.3) is 0 Å². The number of nitrogens with one attached hydrogen (secondary N) is 1. The molecule has 5 nitrogen and oxygen atoms in total. The summed E-state index contributed by atoms with van der Waals surface area (Å²) in [5, 5.41) is 3.30. The molecule has 4 rings (SSSR count). The van der Waals surface area contributed by atoms with Gasteiger partial charge in [0, 0.05) is 38.2 Å². The Morgan fingerprint density at radius 1 is 1.10 bits per heavy atom. The van der Waals surface area contributed by atoms with Crippen LogP contribution in [-0.2, 0) is 11.3 Å². The molecule has 3 heterocycles. The largest absolute Gasteiger partial charge is 0.381 e. The third kappa shape index (κ3) is 4.95. The maximum absolute atomic E-state index is 12.8. The third-order valence-electron chi connectivity index (χ3n) is 7.66. The van der Waals surface area contributed by atoms with E-state index in [0.29, 0.717) is 0 Å². The van der Waals surface area contributed by atoms with E-state index in [2.05, 4.69) is 47.5 Å². The average molecular weight is 400 g/mol. The molecule has 3 aliphatic heterocycles. The van der Waals surface area contributed by atoms with Crippen LogP contribution in [0.5, 0.6) is 0 Å². The molecule has 1 N–H and O–H groups in total. The van der Waals surface area contributed by atoms with Crippen LogP contribution in [0.4, 0.5) is 4.79 Å². The van der Waals surface area contributed by atoms with Crippen LogP contribution in [0.15, 0.2) is 30.3 Å². The number of rotatable bonds is 5. The highest BCUT2D eigenvalue weighted by Gasteiger charge is 2.42. The summed E-state index contributed by atoms with van der Waals surface area (Å²) in [4.78, 5) is 17.4. The van der Waals surface area contributed by atoms with E-state index in [1.807, 2.05) is 4.90 Å². The Morgan fingerprint density at radius 3 is 2.59 bits per heavy atom. The molecule has 0 aliphatic carbocycles. The van der Waals surface area contributed by atoms with Crippen molar-refractivity contribution in [3.8, 4) is 0 Å². The monoisotopic (exact) mass is 399 g/mol. The molecule has 0 radical (unpaired) electrons. The molecular formula is C24H37N3O2. The minimum Gasteiger partial charge on any atom is -0.381 e. The summed E-state index contributed by atoms with van der Waals surface area (Å²) in [5.41, 5.74) is 1.86. The Hall–Kier alpha value is -1.59. The van der Waals surface area contributed by atoms with Gasteiger partial charge in [0.2, 0.25) is 0 Å². The maximum Gasteiger partial charge on any atom is 0.317 e. The zero-order chi connectivity index (χ0) is 20.2. The number of benzene rings is 1. The lowest BCUT2D eigenvalue weighted by Gasteiger charge is -2.42. The van der Waals surface area contributed by atoms with Crippen molar-refractivity contribution in [2.75, 3.05) is 45.9 Å². The number of urea groups is 1. The van der Waals surface area contributed by atoms with Gasteiger partial charge in [0.05, 0.1) is 6.61 Å². The zero-order valence-corrected chi connectivity index (χ0v) is 18.0. The Labute approximate surface area is 175 Å². The second-order valence-electron chi connectivity index (χ2n) is 9.60. The van der Waals surface area contributed by atoms with Gasteiger partial charge in [-0.2, -0.15) is 0 Å². The second kappa shape index (κ2) is 9.05. The molecule has 1 aromatic rings. The predicted molar refractivity (Wildman–Crippen MR) is 116 cm³/mol. The van der Waals surface area contributed by atoms with E-state index >= 15 is 0 Å². The van der Waals surface area contributed by atoms with E-state index < -0.39 is 0 Å². The molecule has 0 saturated carbocycles. The van der Waals surface area contributed by atoms with Gasteiger partial charge in [-0.05, 0) is 62.6 Å². The molecule has 160 valence electrons. The van der Waals surface area contributed by atoms with E-state index in [4.69, 9.17) is 4.74 Å². The van der Waals surface area contributed by atoms with Crippen LogP contribution < -0.4 is 5.32 Å². The smallest absolute Gasteiger partial charge is 0.317 e. The SMILES string of the molecule is CCC1(CNC(=O)N2CCC3(CCCOC3)C2)CCN(Cc2ccccc2)CC1. The normalized spacial score (nSPS) is 27.3. The van der Waals surface area contributed by atoms with Crippen molar-refractivity contribution in [1.82, 2.24) is 15.1 Å². The molecule has 1 aromatic carbocycles. The highest BCUT2D eigenvalue weighted by molar-refractivity contribution is 5.74. The minimum absolute atomic E-state index is 0.131. The first-order valence-electron chi connectivity index (χ1n) is 11.5. The summed E-state index contributed by atoms with van der Waals surface area (Å²) in [6, 6.07) is 10.9. The number of piperidine rings is 1. The van der Waals surface area contributed by atoms with E-state index in [1.54, 1.807) is 0 Å². The van der Waals surface area contributed by atoms with Crippen molar-refractivity contribution >= 4 is 6.03 Å². The highest BCUT2D eigenvalue weighted by Crippen LogP contribution is 2.38. The first-order valence-corrected chi connectivity index (χ1v) is 11.5. The van der Waals surface area contributed by atoms with E-state index in [-0.39, 0.29) is 16.9 Å². The summed E-state index contributed by atoms with van der Waals surface area (Å²) >= 11 is 0. The zero-order valence-electron chi connectivity index (χ0n) is 18.0. The molecule has 1 unspecified atom stereocenters. The number of carbonyl (C=O) groups excluding carboxylic acids is 1. The minimum atomic E-state index is 0.131. The van der Waals surface area contributed by atoms with Crippen LogP contribution in [0.1, 0.15) is 51.0 Å².